The van der Waals surface area contributed by atoms with Crippen LogP contribution in [-0.4, -0.2) is 5.78 Å². The molecule has 0 saturated heterocycles. The van der Waals surface area contributed by atoms with E-state index in [1.165, 1.54) is 18.8 Å². The second kappa shape index (κ2) is 2.38. The van der Waals surface area contributed by atoms with Crippen molar-refractivity contribution in [1.82, 2.24) is 0 Å². The van der Waals surface area contributed by atoms with Crippen LogP contribution < -0.4 is 0 Å². The Bertz CT molecular complexity index is 658. The van der Waals surface area contributed by atoms with Crippen molar-refractivity contribution in [2.24, 2.45) is 94.7 Å². The van der Waals surface area contributed by atoms with Crippen molar-refractivity contribution < 1.29 is 4.79 Å². The third-order valence-electron chi connectivity index (χ3n) is 11.6. The number of rotatable bonds is 0. The van der Waals surface area contributed by atoms with Gasteiger partial charge in [0.25, 0.3) is 0 Å². The molecule has 9 aliphatic carbocycles. The summed E-state index contributed by atoms with van der Waals surface area (Å²) >= 11 is 0. The number of fused-ring (bicyclic) bond motifs is 4. The molecule has 16 atom stereocenters. The highest BCUT2D eigenvalue weighted by Gasteiger charge is 2.88. The number of hydrogen-bond donors (Lipinski definition) is 0. The van der Waals surface area contributed by atoms with Crippen LogP contribution in [0.25, 0.3) is 0 Å². The Morgan fingerprint density at radius 1 is 0.571 bits per heavy atom. The molecule has 0 spiro atoms. The number of carbonyl (C=O) groups excluding carboxylic acids is 1. The topological polar surface area (TPSA) is 17.1 Å². The first-order valence-corrected chi connectivity index (χ1v) is 9.91. The first-order chi connectivity index (χ1) is 10.4. The predicted octanol–water partition coefficient (Wildman–Crippen LogP) is 2.71. The molecule has 0 unspecified atom stereocenters. The summed E-state index contributed by atoms with van der Waals surface area (Å²) in [5.74, 6) is 16.8. The van der Waals surface area contributed by atoms with Gasteiger partial charge in [0, 0.05) is 11.8 Å². The summed E-state index contributed by atoms with van der Waals surface area (Å²) in [6, 6.07) is 0. The van der Waals surface area contributed by atoms with E-state index in [0.717, 1.165) is 82.7 Å². The van der Waals surface area contributed by atoms with Crippen LogP contribution in [0.5, 0.6) is 0 Å². The van der Waals surface area contributed by atoms with Crippen LogP contribution in [0, 0.1) is 94.7 Å². The van der Waals surface area contributed by atoms with Crippen molar-refractivity contribution in [2.75, 3.05) is 0 Å². The first-order valence-electron chi connectivity index (χ1n) is 9.91. The van der Waals surface area contributed by atoms with Crippen molar-refractivity contribution >= 4 is 5.78 Å². The van der Waals surface area contributed by atoms with E-state index in [4.69, 9.17) is 0 Å². The van der Waals surface area contributed by atoms with Gasteiger partial charge in [0.15, 0.2) is 0 Å². The van der Waals surface area contributed by atoms with Crippen LogP contribution in [0.15, 0.2) is 0 Å². The number of carbonyl (C=O) groups is 1. The van der Waals surface area contributed by atoms with Gasteiger partial charge in [-0.05, 0) is 102 Å². The normalized spacial score (nSPS) is 87.5. The fourth-order valence-corrected chi connectivity index (χ4v) is 12.7. The third-order valence-corrected chi connectivity index (χ3v) is 11.6. The van der Waals surface area contributed by atoms with E-state index in [2.05, 4.69) is 0 Å². The van der Waals surface area contributed by atoms with Gasteiger partial charge in [0.2, 0.25) is 0 Å². The lowest BCUT2D eigenvalue weighted by atomic mass is 9.73. The zero-order valence-electron chi connectivity index (χ0n) is 12.3. The molecule has 0 aromatic carbocycles. The molecular formula is C20H22O. The largest absolute Gasteiger partial charge is 0.299 e. The zero-order chi connectivity index (χ0) is 12.9. The molecule has 0 heterocycles. The fourth-order valence-electron chi connectivity index (χ4n) is 12.7. The SMILES string of the molecule is O=C1[C@@H]2[C@@H]3[C@@H]4[C@H]5[C@H]6[C@H](C[C@@H]1[C@H]63)[C@@H]1[C@@H]3CC[C@@H]6[C@@H]3[C@H]([C@@H]15)[C@@H]4[C@H]62. The standard InChI is InChI=1S/C20H22O/c21-20-7-3-6-9-4-1-2-5-8(4)13-14(9)16-11(6)12(7)17-18(16)15(13)10(5)19(17)20/h4-19H,1-3H2/t4-,5-,6-,7-,8-,9+,10+,11+,12-,13-,14-,15+,16+,17+,18+,19+/m1/s1. The monoisotopic (exact) mass is 278 g/mol. The van der Waals surface area contributed by atoms with E-state index in [0.29, 0.717) is 11.8 Å². The minimum atomic E-state index is 0.569. The van der Waals surface area contributed by atoms with Gasteiger partial charge in [0.1, 0.15) is 5.78 Å². The molecule has 0 radical (unpaired) electrons. The summed E-state index contributed by atoms with van der Waals surface area (Å²) in [4.78, 5) is 13.3. The van der Waals surface area contributed by atoms with Crippen molar-refractivity contribution in [3.8, 4) is 0 Å². The summed E-state index contributed by atoms with van der Waals surface area (Å²) in [5.41, 5.74) is 0. The van der Waals surface area contributed by atoms with Gasteiger partial charge in [-0.3, -0.25) is 4.79 Å². The molecule has 0 aromatic rings. The van der Waals surface area contributed by atoms with Crippen LogP contribution in [-0.2, 0) is 4.79 Å². The third kappa shape index (κ3) is 0.606. The minimum absolute atomic E-state index is 0.569. The second-order valence-corrected chi connectivity index (χ2v) is 10.7. The Labute approximate surface area is 125 Å². The van der Waals surface area contributed by atoms with E-state index in [-0.39, 0.29) is 0 Å². The Morgan fingerprint density at radius 3 is 2.05 bits per heavy atom. The Balaban J connectivity index is 1.48. The van der Waals surface area contributed by atoms with Crippen LogP contribution in [0.4, 0.5) is 0 Å². The molecule has 9 fully saturated rings. The van der Waals surface area contributed by atoms with Crippen LogP contribution >= 0.6 is 0 Å². The predicted molar refractivity (Wildman–Crippen MR) is 74.7 cm³/mol. The highest BCUT2D eigenvalue weighted by molar-refractivity contribution is 5.88. The molecule has 9 aliphatic rings. The van der Waals surface area contributed by atoms with Crippen molar-refractivity contribution in [1.29, 1.82) is 0 Å². The molecule has 0 aliphatic heterocycles. The first kappa shape index (κ1) is 9.73. The van der Waals surface area contributed by atoms with E-state index in [1.807, 2.05) is 0 Å². The smallest absolute Gasteiger partial charge is 0.139 e. The Kier molecular flexibility index (Phi) is 1.10. The molecule has 108 valence electrons. The van der Waals surface area contributed by atoms with Crippen molar-refractivity contribution in [3.05, 3.63) is 0 Å². The Hall–Kier alpha value is -0.330. The maximum absolute atomic E-state index is 13.3. The zero-order valence-corrected chi connectivity index (χ0v) is 12.3. The fraction of sp³-hybridized carbons (Fsp3) is 0.950. The van der Waals surface area contributed by atoms with Gasteiger partial charge in [-0.1, -0.05) is 0 Å². The number of hydrogen-bond acceptors (Lipinski definition) is 1. The summed E-state index contributed by atoms with van der Waals surface area (Å²) < 4.78 is 0. The van der Waals surface area contributed by atoms with Crippen molar-refractivity contribution in [2.45, 2.75) is 19.3 Å². The Morgan fingerprint density at radius 2 is 1.19 bits per heavy atom. The molecule has 9 saturated carbocycles. The molecule has 0 aromatic heterocycles. The molecule has 1 heteroatoms. The molecule has 9 rings (SSSR count). The van der Waals surface area contributed by atoms with Gasteiger partial charge in [0.05, 0.1) is 0 Å². The average molecular weight is 278 g/mol. The molecular weight excluding hydrogens is 256 g/mol. The lowest BCUT2D eigenvalue weighted by molar-refractivity contribution is -0.126. The molecule has 21 heavy (non-hydrogen) atoms. The van der Waals surface area contributed by atoms with Gasteiger partial charge < -0.3 is 0 Å². The molecule has 0 amide bonds. The van der Waals surface area contributed by atoms with E-state index < -0.39 is 0 Å². The van der Waals surface area contributed by atoms with Gasteiger partial charge in [-0.25, -0.2) is 0 Å². The summed E-state index contributed by atoms with van der Waals surface area (Å²) in [7, 11) is 0. The van der Waals surface area contributed by atoms with Crippen LogP contribution in [0.2, 0.25) is 0 Å². The highest BCUT2D eigenvalue weighted by Crippen LogP contribution is 2.91. The van der Waals surface area contributed by atoms with E-state index in [9.17, 15) is 4.79 Å². The molecule has 0 N–H and O–H groups in total. The summed E-state index contributed by atoms with van der Waals surface area (Å²) in [5, 5.41) is 0. The average Bonchev–Trinajstić information content (AvgIpc) is 3.17. The maximum atomic E-state index is 13.3. The van der Waals surface area contributed by atoms with Gasteiger partial charge in [-0.2, -0.15) is 0 Å². The lowest BCUT2D eigenvalue weighted by Crippen LogP contribution is -2.31. The quantitative estimate of drug-likeness (QED) is 0.666. The van der Waals surface area contributed by atoms with Gasteiger partial charge >= 0.3 is 0 Å². The molecule has 1 nitrogen and oxygen atoms in total. The van der Waals surface area contributed by atoms with Gasteiger partial charge in [-0.15, -0.1) is 0 Å². The lowest BCUT2D eigenvalue weighted by Gasteiger charge is -2.31. The number of ketones is 1. The number of Topliss-reactive ketones (excluding diaryl/α,β-unsaturated/α-hetero) is 1. The summed E-state index contributed by atoms with van der Waals surface area (Å²) in [6.45, 7) is 0. The van der Waals surface area contributed by atoms with Crippen LogP contribution in [0.1, 0.15) is 19.3 Å². The second-order valence-electron chi connectivity index (χ2n) is 10.7. The maximum Gasteiger partial charge on any atom is 0.139 e. The molecule has 0 bridgehead atoms. The minimum Gasteiger partial charge on any atom is -0.299 e. The van der Waals surface area contributed by atoms with E-state index in [1.54, 1.807) is 6.42 Å². The van der Waals surface area contributed by atoms with E-state index >= 15 is 0 Å². The van der Waals surface area contributed by atoms with Crippen molar-refractivity contribution in [3.63, 3.8) is 0 Å². The van der Waals surface area contributed by atoms with Crippen LogP contribution in [0.3, 0.4) is 0 Å². The summed E-state index contributed by atoms with van der Waals surface area (Å²) in [6.07, 6.45) is 4.46. The highest BCUT2D eigenvalue weighted by atomic mass is 16.1.